The van der Waals surface area contributed by atoms with Gasteiger partial charge < -0.3 is 19.6 Å². The Morgan fingerprint density at radius 3 is 2.46 bits per heavy atom. The molecule has 0 radical (unpaired) electrons. The van der Waals surface area contributed by atoms with E-state index >= 15 is 8.78 Å². The van der Waals surface area contributed by atoms with Gasteiger partial charge in [0.1, 0.15) is 17.4 Å². The summed E-state index contributed by atoms with van der Waals surface area (Å²) < 4.78 is 36.1. The van der Waals surface area contributed by atoms with E-state index in [0.717, 1.165) is 5.56 Å². The number of hydrogen-bond donors (Lipinski definition) is 1. The fourth-order valence-electron chi connectivity index (χ4n) is 4.82. The topological polar surface area (TPSA) is 83.0 Å². The normalized spacial score (nSPS) is 13.4. The molecule has 1 aliphatic heterocycles. The van der Waals surface area contributed by atoms with E-state index in [-0.39, 0.29) is 25.2 Å². The predicted octanol–water partition coefficient (Wildman–Crippen LogP) is 6.28. The second-order valence-corrected chi connectivity index (χ2v) is 11.6. The van der Waals surface area contributed by atoms with Crippen molar-refractivity contribution in [3.63, 3.8) is 0 Å². The largest absolute Gasteiger partial charge is 0.497 e. The summed E-state index contributed by atoms with van der Waals surface area (Å²) in [5.74, 6) is -1.80. The maximum atomic E-state index is 15.4. The summed E-state index contributed by atoms with van der Waals surface area (Å²) in [4.78, 5) is 33.4. The molecule has 0 bridgehead atoms. The second-order valence-electron chi connectivity index (χ2n) is 10.5. The molecule has 0 saturated carbocycles. The summed E-state index contributed by atoms with van der Waals surface area (Å²) in [6, 6.07) is 17.4. The highest BCUT2D eigenvalue weighted by Gasteiger charge is 2.37. The zero-order valence-corrected chi connectivity index (χ0v) is 23.7. The van der Waals surface area contributed by atoms with Crippen molar-refractivity contribution in [3.05, 3.63) is 89.6 Å². The molecule has 1 amide bonds. The van der Waals surface area contributed by atoms with Crippen LogP contribution in [0.25, 0.3) is 10.9 Å². The van der Waals surface area contributed by atoms with Gasteiger partial charge in [-0.2, -0.15) is 0 Å². The van der Waals surface area contributed by atoms with Crippen molar-refractivity contribution in [2.24, 2.45) is 5.41 Å². The van der Waals surface area contributed by atoms with Crippen molar-refractivity contribution in [3.8, 4) is 5.75 Å². The summed E-state index contributed by atoms with van der Waals surface area (Å²) in [5.41, 5.74) is 1.08. The number of methoxy groups -OCH3 is 1. The molecule has 0 aliphatic carbocycles. The van der Waals surface area contributed by atoms with E-state index < -0.39 is 28.9 Å². The average molecular weight is 578 g/mol. The number of halogens is 2. The van der Waals surface area contributed by atoms with Crippen LogP contribution >= 0.6 is 11.8 Å². The maximum absolute atomic E-state index is 15.4. The Balaban J connectivity index is 1.52. The number of ether oxygens (including phenoxy) is 1. The van der Waals surface area contributed by atoms with Crippen LogP contribution < -0.4 is 14.5 Å². The molecule has 212 valence electrons. The highest BCUT2D eigenvalue weighted by molar-refractivity contribution is 7.98. The number of carbonyl (C=O) groups is 2. The van der Waals surface area contributed by atoms with E-state index in [4.69, 9.17) is 4.74 Å². The third kappa shape index (κ3) is 5.83. The lowest BCUT2D eigenvalue weighted by Crippen LogP contribution is -2.49. The quantitative estimate of drug-likeness (QED) is 0.235. The molecular formula is C31H29F2N3O4S. The number of aromatic nitrogens is 1. The number of carboxylic acid groups (broad SMARTS) is 1. The SMILES string of the molecule is COc1ccc2c3c(cnc2c1)N(CC(C)(C)C(=O)O)CC(=O)N3Cc1c(F)cc(SCc2ccccc2)cc1F. The van der Waals surface area contributed by atoms with Gasteiger partial charge in [-0.1, -0.05) is 30.3 Å². The minimum absolute atomic E-state index is 0.0360. The third-order valence-corrected chi connectivity index (χ3v) is 8.16. The summed E-state index contributed by atoms with van der Waals surface area (Å²) >= 11 is 1.32. The smallest absolute Gasteiger partial charge is 0.310 e. The van der Waals surface area contributed by atoms with Crippen LogP contribution in [-0.2, 0) is 21.9 Å². The molecule has 41 heavy (non-hydrogen) atoms. The van der Waals surface area contributed by atoms with Crippen molar-refractivity contribution in [2.45, 2.75) is 31.0 Å². The van der Waals surface area contributed by atoms with E-state index in [1.165, 1.54) is 35.9 Å². The molecule has 0 unspecified atom stereocenters. The summed E-state index contributed by atoms with van der Waals surface area (Å²) in [5, 5.41) is 10.3. The van der Waals surface area contributed by atoms with Crippen LogP contribution in [0.4, 0.5) is 20.2 Å². The summed E-state index contributed by atoms with van der Waals surface area (Å²) in [6.45, 7) is 2.69. The fourth-order valence-corrected chi connectivity index (χ4v) is 5.71. The molecule has 1 aromatic heterocycles. The number of anilines is 2. The number of rotatable bonds is 9. The highest BCUT2D eigenvalue weighted by atomic mass is 32.2. The molecule has 7 nitrogen and oxygen atoms in total. The second kappa shape index (κ2) is 11.4. The van der Waals surface area contributed by atoms with Crippen LogP contribution in [0.5, 0.6) is 5.75 Å². The van der Waals surface area contributed by atoms with Gasteiger partial charge in [0.2, 0.25) is 5.91 Å². The zero-order valence-electron chi connectivity index (χ0n) is 22.9. The van der Waals surface area contributed by atoms with Crippen molar-refractivity contribution in [1.82, 2.24) is 4.98 Å². The van der Waals surface area contributed by atoms with Crippen LogP contribution in [0.2, 0.25) is 0 Å². The molecule has 1 N–H and O–H groups in total. The van der Waals surface area contributed by atoms with Crippen LogP contribution in [0.3, 0.4) is 0 Å². The molecule has 1 aliphatic rings. The number of benzene rings is 3. The zero-order chi connectivity index (χ0) is 29.3. The average Bonchev–Trinajstić information content (AvgIpc) is 2.94. The van der Waals surface area contributed by atoms with Crippen LogP contribution in [0.15, 0.2) is 71.8 Å². The molecule has 10 heteroatoms. The van der Waals surface area contributed by atoms with E-state index in [1.807, 2.05) is 30.3 Å². The predicted molar refractivity (Wildman–Crippen MR) is 155 cm³/mol. The number of aliphatic carboxylic acids is 1. The Morgan fingerprint density at radius 2 is 1.80 bits per heavy atom. The lowest BCUT2D eigenvalue weighted by Gasteiger charge is -2.40. The standard InChI is InChI=1S/C31H29F2N3O4S/c1-31(2,30(38)39)18-35-16-28(37)36(29-22-10-9-20(40-3)11-26(22)34-14-27(29)35)15-23-24(32)12-21(13-25(23)33)41-17-19-7-5-4-6-8-19/h4-14H,15-18H2,1-3H3,(H,38,39). The van der Waals surface area contributed by atoms with Crippen LogP contribution in [0, 0.1) is 17.0 Å². The van der Waals surface area contributed by atoms with Crippen molar-refractivity contribution in [2.75, 3.05) is 30.0 Å². The Labute approximate surface area is 240 Å². The number of pyridine rings is 1. The molecule has 0 fully saturated rings. The highest BCUT2D eigenvalue weighted by Crippen LogP contribution is 2.42. The van der Waals surface area contributed by atoms with E-state index in [0.29, 0.717) is 38.7 Å². The van der Waals surface area contributed by atoms with Gasteiger partial charge in [-0.05, 0) is 43.7 Å². The number of amides is 1. The Kier molecular flexibility index (Phi) is 7.86. The molecule has 5 rings (SSSR count). The first kappa shape index (κ1) is 28.4. The van der Waals surface area contributed by atoms with Gasteiger partial charge in [0, 0.05) is 34.2 Å². The van der Waals surface area contributed by atoms with Crippen molar-refractivity contribution >= 4 is 45.9 Å². The molecule has 0 saturated heterocycles. The van der Waals surface area contributed by atoms with Gasteiger partial charge >= 0.3 is 5.97 Å². The van der Waals surface area contributed by atoms with Crippen LogP contribution in [0.1, 0.15) is 25.0 Å². The Bertz CT molecular complexity index is 1610. The maximum Gasteiger partial charge on any atom is 0.310 e. The molecule has 0 atom stereocenters. The Morgan fingerprint density at radius 1 is 1.10 bits per heavy atom. The molecular weight excluding hydrogens is 548 g/mol. The first-order chi connectivity index (χ1) is 19.6. The summed E-state index contributed by atoms with van der Waals surface area (Å²) in [7, 11) is 1.53. The first-order valence-corrected chi connectivity index (χ1v) is 14.0. The monoisotopic (exact) mass is 577 g/mol. The number of nitrogens with zero attached hydrogens (tertiary/aromatic N) is 3. The fraction of sp³-hybridized carbons (Fsp3) is 0.258. The third-order valence-electron chi connectivity index (χ3n) is 7.11. The molecule has 2 heterocycles. The van der Waals surface area contributed by atoms with Gasteiger partial charge in [0.25, 0.3) is 0 Å². The molecule has 0 spiro atoms. The number of thioether (sulfide) groups is 1. The minimum Gasteiger partial charge on any atom is -0.497 e. The first-order valence-electron chi connectivity index (χ1n) is 13.0. The van der Waals surface area contributed by atoms with E-state index in [1.54, 1.807) is 43.1 Å². The van der Waals surface area contributed by atoms with Crippen LogP contribution in [-0.4, -0.2) is 42.2 Å². The van der Waals surface area contributed by atoms with E-state index in [9.17, 15) is 14.7 Å². The van der Waals surface area contributed by atoms with Gasteiger partial charge in [-0.3, -0.25) is 14.6 Å². The number of carbonyl (C=O) groups excluding carboxylic acids is 1. The van der Waals surface area contributed by atoms with Crippen molar-refractivity contribution in [1.29, 1.82) is 0 Å². The number of fused-ring (bicyclic) bond motifs is 3. The minimum atomic E-state index is -1.17. The van der Waals surface area contributed by atoms with E-state index in [2.05, 4.69) is 4.98 Å². The number of carboxylic acids is 1. The van der Waals surface area contributed by atoms with Gasteiger partial charge in [0.15, 0.2) is 0 Å². The lowest BCUT2D eigenvalue weighted by atomic mass is 9.92. The van der Waals surface area contributed by atoms with Crippen molar-refractivity contribution < 1.29 is 28.2 Å². The molecule has 4 aromatic rings. The lowest BCUT2D eigenvalue weighted by molar-refractivity contribution is -0.146. The molecule has 3 aromatic carbocycles. The van der Waals surface area contributed by atoms with Gasteiger partial charge in [-0.15, -0.1) is 11.8 Å². The number of hydrogen-bond acceptors (Lipinski definition) is 6. The van der Waals surface area contributed by atoms with Gasteiger partial charge in [0.05, 0.1) is 48.7 Å². The van der Waals surface area contributed by atoms with Gasteiger partial charge in [-0.25, -0.2) is 8.78 Å². The summed E-state index contributed by atoms with van der Waals surface area (Å²) in [6.07, 6.45) is 1.56. The Hall–Kier alpha value is -4.18.